The highest BCUT2D eigenvalue weighted by atomic mass is 35.5. The summed E-state index contributed by atoms with van der Waals surface area (Å²) in [6.45, 7) is -0.258. The number of carbonyl (C=O) groups excluding carboxylic acids is 2. The number of para-hydroxylation sites is 1. The van der Waals surface area contributed by atoms with E-state index in [0.717, 1.165) is 0 Å². The number of aliphatic hydroxyl groups is 1. The fourth-order valence-corrected chi connectivity index (χ4v) is 1.20. The van der Waals surface area contributed by atoms with Crippen molar-refractivity contribution in [3.05, 3.63) is 29.3 Å². The molecule has 0 heterocycles. The molecule has 3 amide bonds. The Balaban J connectivity index is 2.46. The van der Waals surface area contributed by atoms with Crippen molar-refractivity contribution in [3.63, 3.8) is 0 Å². The number of amides is 3. The summed E-state index contributed by atoms with van der Waals surface area (Å²) in [6.07, 6.45) is -1.41. The molecule has 0 aromatic heterocycles. The molecule has 0 fully saturated rings. The van der Waals surface area contributed by atoms with Crippen LogP contribution >= 0.6 is 11.6 Å². The highest BCUT2D eigenvalue weighted by Gasteiger charge is 2.12. The predicted octanol–water partition coefficient (Wildman–Crippen LogP) is 0.308. The summed E-state index contributed by atoms with van der Waals surface area (Å²) in [4.78, 5) is 21.9. The summed E-state index contributed by atoms with van der Waals surface area (Å²) < 4.78 is 0. The van der Waals surface area contributed by atoms with Crippen LogP contribution in [0.3, 0.4) is 0 Å². The smallest absolute Gasteiger partial charge is 0.319 e. The molecule has 1 aromatic carbocycles. The van der Waals surface area contributed by atoms with Crippen LogP contribution in [0.5, 0.6) is 0 Å². The van der Waals surface area contributed by atoms with Crippen molar-refractivity contribution in [1.29, 1.82) is 0 Å². The molecule has 1 aromatic rings. The lowest BCUT2D eigenvalue weighted by molar-refractivity contribution is -0.125. The van der Waals surface area contributed by atoms with Crippen LogP contribution in [0.2, 0.25) is 5.02 Å². The van der Waals surface area contributed by atoms with Crippen molar-refractivity contribution in [2.24, 2.45) is 5.73 Å². The fraction of sp³-hybridized carbons (Fsp3) is 0.200. The lowest BCUT2D eigenvalue weighted by atomic mass is 10.3. The molecule has 0 aliphatic heterocycles. The average Bonchev–Trinajstić information content (AvgIpc) is 2.29. The summed E-state index contributed by atoms with van der Waals surface area (Å²) in [5.74, 6) is -0.900. The van der Waals surface area contributed by atoms with Crippen LogP contribution in [0.4, 0.5) is 10.5 Å². The van der Waals surface area contributed by atoms with Crippen LogP contribution in [0, 0.1) is 0 Å². The van der Waals surface area contributed by atoms with Crippen molar-refractivity contribution < 1.29 is 14.7 Å². The van der Waals surface area contributed by atoms with Crippen LogP contribution in [0.1, 0.15) is 0 Å². The second kappa shape index (κ2) is 6.07. The molecule has 1 rings (SSSR count). The Morgan fingerprint density at radius 1 is 1.41 bits per heavy atom. The molecule has 0 saturated carbocycles. The lowest BCUT2D eigenvalue weighted by Gasteiger charge is -2.10. The van der Waals surface area contributed by atoms with Gasteiger partial charge >= 0.3 is 6.03 Å². The van der Waals surface area contributed by atoms with E-state index in [1.807, 2.05) is 0 Å². The van der Waals surface area contributed by atoms with Gasteiger partial charge in [-0.25, -0.2) is 4.79 Å². The Hall–Kier alpha value is -1.79. The zero-order valence-electron chi connectivity index (χ0n) is 8.81. The summed E-state index contributed by atoms with van der Waals surface area (Å²) in [6, 6.07) is 6.09. The molecular weight excluding hydrogens is 246 g/mol. The van der Waals surface area contributed by atoms with Crippen molar-refractivity contribution in [1.82, 2.24) is 5.32 Å². The number of primary amides is 1. The van der Waals surface area contributed by atoms with E-state index in [2.05, 4.69) is 10.6 Å². The number of rotatable bonds is 4. The minimum absolute atomic E-state index is 0.258. The van der Waals surface area contributed by atoms with E-state index in [4.69, 9.17) is 22.4 Å². The van der Waals surface area contributed by atoms with Gasteiger partial charge in [0.05, 0.1) is 17.3 Å². The standard InChI is InChI=1S/C10H12ClN3O3/c11-6-3-1-2-4-7(6)14-10(17)13-5-8(15)9(12)16/h1-4,8,15H,5H2,(H2,12,16)(H2,13,14,17). The second-order valence-corrected chi connectivity index (χ2v) is 3.64. The molecule has 17 heavy (non-hydrogen) atoms. The summed E-state index contributed by atoms with van der Waals surface area (Å²) in [5.41, 5.74) is 5.25. The molecule has 0 radical (unpaired) electrons. The van der Waals surface area contributed by atoms with E-state index in [9.17, 15) is 9.59 Å². The summed E-state index contributed by atoms with van der Waals surface area (Å²) in [5, 5.41) is 14.2. The SMILES string of the molecule is NC(=O)C(O)CNC(=O)Nc1ccccc1Cl. The Bertz CT molecular complexity index is 425. The molecular formula is C10H12ClN3O3. The number of benzene rings is 1. The first kappa shape index (κ1) is 13.3. The van der Waals surface area contributed by atoms with Gasteiger partial charge in [0.15, 0.2) is 0 Å². The number of carbonyl (C=O) groups is 2. The maximum atomic E-state index is 11.3. The molecule has 1 unspecified atom stereocenters. The van der Waals surface area contributed by atoms with E-state index >= 15 is 0 Å². The number of nitrogens with two attached hydrogens (primary N) is 1. The number of hydrogen-bond donors (Lipinski definition) is 4. The van der Waals surface area contributed by atoms with E-state index in [1.54, 1.807) is 24.3 Å². The van der Waals surface area contributed by atoms with E-state index in [1.165, 1.54) is 0 Å². The molecule has 0 spiro atoms. The zero-order chi connectivity index (χ0) is 12.8. The first-order valence-electron chi connectivity index (χ1n) is 4.77. The number of urea groups is 1. The molecule has 92 valence electrons. The number of nitrogens with one attached hydrogen (secondary N) is 2. The topological polar surface area (TPSA) is 104 Å². The third kappa shape index (κ3) is 4.29. The largest absolute Gasteiger partial charge is 0.381 e. The van der Waals surface area contributed by atoms with Crippen molar-refractivity contribution in [2.75, 3.05) is 11.9 Å². The van der Waals surface area contributed by atoms with Gasteiger partial charge < -0.3 is 21.5 Å². The first-order valence-corrected chi connectivity index (χ1v) is 5.15. The Labute approximate surface area is 103 Å². The highest BCUT2D eigenvalue weighted by Crippen LogP contribution is 2.19. The number of anilines is 1. The minimum Gasteiger partial charge on any atom is -0.381 e. The van der Waals surface area contributed by atoms with E-state index < -0.39 is 18.0 Å². The monoisotopic (exact) mass is 257 g/mol. The first-order chi connectivity index (χ1) is 8.00. The van der Waals surface area contributed by atoms with Crippen LogP contribution in [-0.2, 0) is 4.79 Å². The lowest BCUT2D eigenvalue weighted by Crippen LogP contribution is -2.41. The molecule has 0 bridgehead atoms. The van der Waals surface area contributed by atoms with E-state index in [-0.39, 0.29) is 6.54 Å². The maximum Gasteiger partial charge on any atom is 0.319 e. The Morgan fingerprint density at radius 3 is 2.65 bits per heavy atom. The molecule has 7 heteroatoms. The van der Waals surface area contributed by atoms with Crippen LogP contribution in [0.25, 0.3) is 0 Å². The van der Waals surface area contributed by atoms with Gasteiger partial charge in [0.25, 0.3) is 0 Å². The van der Waals surface area contributed by atoms with Crippen molar-refractivity contribution >= 4 is 29.2 Å². The van der Waals surface area contributed by atoms with Gasteiger partial charge in [0.2, 0.25) is 5.91 Å². The maximum absolute atomic E-state index is 11.3. The van der Waals surface area contributed by atoms with Gasteiger partial charge in [-0.15, -0.1) is 0 Å². The number of hydrogen-bond acceptors (Lipinski definition) is 3. The van der Waals surface area contributed by atoms with Crippen LogP contribution < -0.4 is 16.4 Å². The Morgan fingerprint density at radius 2 is 2.06 bits per heavy atom. The van der Waals surface area contributed by atoms with Gasteiger partial charge in [0.1, 0.15) is 6.10 Å². The summed E-state index contributed by atoms with van der Waals surface area (Å²) in [7, 11) is 0. The Kier molecular flexibility index (Phi) is 4.74. The van der Waals surface area contributed by atoms with Crippen molar-refractivity contribution in [2.45, 2.75) is 6.10 Å². The van der Waals surface area contributed by atoms with Crippen LogP contribution in [0.15, 0.2) is 24.3 Å². The molecule has 1 atom stereocenters. The molecule has 5 N–H and O–H groups in total. The quantitative estimate of drug-likeness (QED) is 0.624. The normalized spacial score (nSPS) is 11.6. The third-order valence-electron chi connectivity index (χ3n) is 1.91. The van der Waals surface area contributed by atoms with Gasteiger partial charge in [-0.1, -0.05) is 23.7 Å². The van der Waals surface area contributed by atoms with Crippen molar-refractivity contribution in [3.8, 4) is 0 Å². The van der Waals surface area contributed by atoms with E-state index in [0.29, 0.717) is 10.7 Å². The van der Waals surface area contributed by atoms with Gasteiger partial charge in [0, 0.05) is 0 Å². The van der Waals surface area contributed by atoms with Gasteiger partial charge in [-0.2, -0.15) is 0 Å². The predicted molar refractivity (Wildman–Crippen MR) is 63.7 cm³/mol. The molecule has 6 nitrogen and oxygen atoms in total. The fourth-order valence-electron chi connectivity index (χ4n) is 1.02. The number of halogens is 1. The summed E-state index contributed by atoms with van der Waals surface area (Å²) >= 11 is 5.82. The third-order valence-corrected chi connectivity index (χ3v) is 2.24. The van der Waals surface area contributed by atoms with Gasteiger partial charge in [-0.05, 0) is 12.1 Å². The number of aliphatic hydroxyl groups excluding tert-OH is 1. The minimum atomic E-state index is -1.41. The molecule has 0 aliphatic rings. The zero-order valence-corrected chi connectivity index (χ0v) is 9.57. The highest BCUT2D eigenvalue weighted by molar-refractivity contribution is 6.33. The average molecular weight is 258 g/mol. The second-order valence-electron chi connectivity index (χ2n) is 3.23. The van der Waals surface area contributed by atoms with Gasteiger partial charge in [-0.3, -0.25) is 4.79 Å². The van der Waals surface area contributed by atoms with Crippen LogP contribution in [-0.4, -0.2) is 29.7 Å². The molecule has 0 aliphatic carbocycles. The molecule has 0 saturated heterocycles.